The van der Waals surface area contributed by atoms with E-state index in [9.17, 15) is 9.90 Å². The molecule has 4 aromatic carbocycles. The Bertz CT molecular complexity index is 1340. The van der Waals surface area contributed by atoms with Crippen LogP contribution in [-0.2, 0) is 0 Å². The maximum absolute atomic E-state index is 11.7. The van der Waals surface area contributed by atoms with Crippen molar-refractivity contribution in [3.05, 3.63) is 113 Å². The van der Waals surface area contributed by atoms with E-state index in [-0.39, 0.29) is 18.1 Å². The number of hydrogen-bond acceptors (Lipinski definition) is 3. The number of hydrogen-bond donors (Lipinski definition) is 2. The molecule has 2 N–H and O–H groups in total. The fourth-order valence-electron chi connectivity index (χ4n) is 5.07. The lowest BCUT2D eigenvalue weighted by Gasteiger charge is -2.33. The summed E-state index contributed by atoms with van der Waals surface area (Å²) >= 11 is 0. The quantitative estimate of drug-likeness (QED) is 0.352. The SMILES string of the molecule is Cc1ccc([C@H]2C[C@H](CN[C@H](C)c3cccc4ccccc34)Oc3ccccc32)cc1C(=O)O. The van der Waals surface area contributed by atoms with E-state index in [0.717, 1.165) is 28.9 Å². The Morgan fingerprint density at radius 3 is 2.65 bits per heavy atom. The van der Waals surface area contributed by atoms with Gasteiger partial charge in [-0.2, -0.15) is 0 Å². The third-order valence-corrected chi connectivity index (χ3v) is 6.92. The first-order valence-electron chi connectivity index (χ1n) is 11.8. The molecule has 0 saturated carbocycles. The van der Waals surface area contributed by atoms with E-state index < -0.39 is 5.97 Å². The number of rotatable bonds is 6. The second-order valence-electron chi connectivity index (χ2n) is 9.14. The summed E-state index contributed by atoms with van der Waals surface area (Å²) in [6.45, 7) is 4.73. The van der Waals surface area contributed by atoms with E-state index in [1.54, 1.807) is 0 Å². The van der Waals surface area contributed by atoms with Crippen LogP contribution in [0.15, 0.2) is 84.9 Å². The van der Waals surface area contributed by atoms with Gasteiger partial charge in [-0.3, -0.25) is 0 Å². The number of carboxylic acids is 1. The van der Waals surface area contributed by atoms with Gasteiger partial charge in [-0.05, 0) is 59.9 Å². The van der Waals surface area contributed by atoms with Crippen molar-refractivity contribution in [2.75, 3.05) is 6.54 Å². The van der Waals surface area contributed by atoms with Crippen molar-refractivity contribution in [3.8, 4) is 5.75 Å². The van der Waals surface area contributed by atoms with E-state index in [2.05, 4.69) is 66.8 Å². The molecule has 0 saturated heterocycles. The molecule has 3 atom stereocenters. The summed E-state index contributed by atoms with van der Waals surface area (Å²) < 4.78 is 6.38. The molecule has 1 heterocycles. The zero-order valence-electron chi connectivity index (χ0n) is 19.5. The first kappa shape index (κ1) is 22.2. The summed E-state index contributed by atoms with van der Waals surface area (Å²) in [5.74, 6) is 0.0750. The number of benzene rings is 4. The summed E-state index contributed by atoms with van der Waals surface area (Å²) in [6.07, 6.45) is 0.765. The Morgan fingerprint density at radius 1 is 1.03 bits per heavy atom. The normalized spacial score (nSPS) is 18.2. The highest BCUT2D eigenvalue weighted by atomic mass is 16.5. The molecule has 0 spiro atoms. The molecule has 0 amide bonds. The van der Waals surface area contributed by atoms with Crippen molar-refractivity contribution in [3.63, 3.8) is 0 Å². The van der Waals surface area contributed by atoms with Gasteiger partial charge >= 0.3 is 5.97 Å². The van der Waals surface area contributed by atoms with Crippen LogP contribution in [0.5, 0.6) is 5.75 Å². The van der Waals surface area contributed by atoms with Crippen LogP contribution in [0.1, 0.15) is 57.9 Å². The van der Waals surface area contributed by atoms with Crippen LogP contribution >= 0.6 is 0 Å². The van der Waals surface area contributed by atoms with E-state index >= 15 is 0 Å². The fraction of sp³-hybridized carbons (Fsp3) is 0.233. The van der Waals surface area contributed by atoms with Crippen molar-refractivity contribution < 1.29 is 14.6 Å². The Kier molecular flexibility index (Phi) is 6.08. The molecule has 1 aliphatic rings. The largest absolute Gasteiger partial charge is 0.489 e. The van der Waals surface area contributed by atoms with Gasteiger partial charge in [-0.25, -0.2) is 4.79 Å². The number of carboxylic acid groups (broad SMARTS) is 1. The highest BCUT2D eigenvalue weighted by Gasteiger charge is 2.30. The van der Waals surface area contributed by atoms with Crippen LogP contribution < -0.4 is 10.1 Å². The van der Waals surface area contributed by atoms with Crippen LogP contribution in [0.3, 0.4) is 0 Å². The molecule has 34 heavy (non-hydrogen) atoms. The van der Waals surface area contributed by atoms with Crippen molar-refractivity contribution in [1.82, 2.24) is 5.32 Å². The van der Waals surface area contributed by atoms with Gasteiger partial charge in [0, 0.05) is 24.1 Å². The summed E-state index contributed by atoms with van der Waals surface area (Å²) in [5.41, 5.74) is 4.54. The molecule has 0 aromatic heterocycles. The van der Waals surface area contributed by atoms with Gasteiger partial charge < -0.3 is 15.2 Å². The van der Waals surface area contributed by atoms with Gasteiger partial charge in [-0.15, -0.1) is 0 Å². The Morgan fingerprint density at radius 2 is 1.79 bits per heavy atom. The molecular weight excluding hydrogens is 422 g/mol. The Hall–Kier alpha value is -3.63. The molecule has 0 unspecified atom stereocenters. The van der Waals surface area contributed by atoms with Crippen LogP contribution in [0, 0.1) is 6.92 Å². The molecule has 5 rings (SSSR count). The second kappa shape index (κ2) is 9.32. The third-order valence-electron chi connectivity index (χ3n) is 6.92. The van der Waals surface area contributed by atoms with Gasteiger partial charge in [0.1, 0.15) is 11.9 Å². The zero-order chi connectivity index (χ0) is 23.7. The maximum atomic E-state index is 11.7. The van der Waals surface area contributed by atoms with Crippen molar-refractivity contribution in [2.24, 2.45) is 0 Å². The van der Waals surface area contributed by atoms with Gasteiger partial charge in [-0.1, -0.05) is 72.8 Å². The molecule has 0 aliphatic carbocycles. The minimum absolute atomic E-state index is 0.0214. The standard InChI is InChI=1S/C30H29NO3/c1-19-14-15-22(16-27(19)30(32)33)28-17-23(34-29-13-6-5-11-26(28)29)18-31-20(2)24-12-7-9-21-8-3-4-10-25(21)24/h3-16,20,23,28,31H,17-18H2,1-2H3,(H,32,33)/t20-,23-,28-/m1/s1. The van der Waals surface area contributed by atoms with Crippen LogP contribution in [0.2, 0.25) is 0 Å². The molecule has 4 heteroatoms. The predicted octanol–water partition coefficient (Wildman–Crippen LogP) is 6.48. The summed E-state index contributed by atoms with van der Waals surface area (Å²) in [6, 6.07) is 29.0. The zero-order valence-corrected chi connectivity index (χ0v) is 19.5. The highest BCUT2D eigenvalue weighted by Crippen LogP contribution is 2.40. The average Bonchev–Trinajstić information content (AvgIpc) is 2.86. The van der Waals surface area contributed by atoms with Crippen molar-refractivity contribution in [1.29, 1.82) is 0 Å². The molecule has 0 fully saturated rings. The smallest absolute Gasteiger partial charge is 0.335 e. The van der Waals surface area contributed by atoms with Gasteiger partial charge in [0.15, 0.2) is 0 Å². The highest BCUT2D eigenvalue weighted by molar-refractivity contribution is 5.89. The molecule has 4 nitrogen and oxygen atoms in total. The van der Waals surface area contributed by atoms with Gasteiger partial charge in [0.2, 0.25) is 0 Å². The number of para-hydroxylation sites is 1. The molecule has 4 aromatic rings. The molecule has 1 aliphatic heterocycles. The lowest BCUT2D eigenvalue weighted by Crippen LogP contribution is -2.37. The maximum Gasteiger partial charge on any atom is 0.335 e. The first-order chi connectivity index (χ1) is 16.5. The molecule has 0 radical (unpaired) electrons. The number of nitrogens with one attached hydrogen (secondary N) is 1. The third kappa shape index (κ3) is 4.29. The van der Waals surface area contributed by atoms with Gasteiger partial charge in [0.25, 0.3) is 0 Å². The minimum atomic E-state index is -0.887. The van der Waals surface area contributed by atoms with E-state index in [0.29, 0.717) is 12.1 Å². The van der Waals surface area contributed by atoms with Crippen molar-refractivity contribution in [2.45, 2.75) is 38.3 Å². The Labute approximate surface area is 200 Å². The van der Waals surface area contributed by atoms with Crippen LogP contribution in [0.25, 0.3) is 10.8 Å². The average molecular weight is 452 g/mol. The molecular formula is C30H29NO3. The summed E-state index contributed by atoms with van der Waals surface area (Å²) in [7, 11) is 0. The fourth-order valence-corrected chi connectivity index (χ4v) is 5.07. The topological polar surface area (TPSA) is 58.6 Å². The van der Waals surface area contributed by atoms with Gasteiger partial charge in [0.05, 0.1) is 5.56 Å². The number of ether oxygens (including phenoxy) is 1. The first-order valence-corrected chi connectivity index (χ1v) is 11.8. The van der Waals surface area contributed by atoms with E-state index in [1.165, 1.54) is 16.3 Å². The van der Waals surface area contributed by atoms with E-state index in [1.807, 2.05) is 37.3 Å². The van der Waals surface area contributed by atoms with Crippen molar-refractivity contribution >= 4 is 16.7 Å². The second-order valence-corrected chi connectivity index (χ2v) is 9.14. The number of carbonyl (C=O) groups is 1. The minimum Gasteiger partial charge on any atom is -0.489 e. The lowest BCUT2D eigenvalue weighted by atomic mass is 9.83. The summed E-state index contributed by atoms with van der Waals surface area (Å²) in [5, 5.41) is 15.8. The molecule has 0 bridgehead atoms. The lowest BCUT2D eigenvalue weighted by molar-refractivity contribution is 0.0696. The monoisotopic (exact) mass is 451 g/mol. The number of fused-ring (bicyclic) bond motifs is 2. The van der Waals surface area contributed by atoms with Crippen LogP contribution in [0.4, 0.5) is 0 Å². The summed E-state index contributed by atoms with van der Waals surface area (Å²) in [4.78, 5) is 11.7. The Balaban J connectivity index is 1.39. The van der Waals surface area contributed by atoms with Crippen LogP contribution in [-0.4, -0.2) is 23.7 Å². The predicted molar refractivity (Wildman–Crippen MR) is 136 cm³/mol. The van der Waals surface area contributed by atoms with E-state index in [4.69, 9.17) is 4.74 Å². The molecule has 172 valence electrons. The number of aromatic carboxylic acids is 1. The number of aryl methyl sites for hydroxylation is 1.